The maximum absolute atomic E-state index is 12.4. The highest BCUT2D eigenvalue weighted by atomic mass is 32.2. The highest BCUT2D eigenvalue weighted by molar-refractivity contribution is 7.99. The molecule has 1 N–H and O–H groups in total. The molecule has 0 bridgehead atoms. The van der Waals surface area contributed by atoms with Gasteiger partial charge in [0.25, 0.3) is 0 Å². The molecule has 0 radical (unpaired) electrons. The lowest BCUT2D eigenvalue weighted by atomic mass is 10.1. The van der Waals surface area contributed by atoms with Crippen LogP contribution in [0, 0.1) is 0 Å². The van der Waals surface area contributed by atoms with Crippen molar-refractivity contribution >= 4 is 35.3 Å². The summed E-state index contributed by atoms with van der Waals surface area (Å²) in [6.07, 6.45) is 5.19. The normalized spacial score (nSPS) is 15.6. The van der Waals surface area contributed by atoms with E-state index in [4.69, 9.17) is 0 Å². The van der Waals surface area contributed by atoms with Gasteiger partial charge in [-0.25, -0.2) is 0 Å². The molecule has 1 aliphatic rings. The van der Waals surface area contributed by atoms with Gasteiger partial charge in [-0.1, -0.05) is 32.0 Å². The smallest absolute Gasteiger partial charge is 0.224 e. The van der Waals surface area contributed by atoms with Crippen molar-refractivity contribution in [2.75, 3.05) is 12.5 Å². The Bertz CT molecular complexity index is 621. The lowest BCUT2D eigenvalue weighted by Crippen LogP contribution is -2.27. The monoisotopic (exact) mass is 380 g/mol. The number of carbonyl (C=O) groups excluding carboxylic acids is 2. The molecule has 2 rings (SSSR count). The number of amides is 2. The second-order valence-corrected chi connectivity index (χ2v) is 9.18. The zero-order valence-electron chi connectivity index (χ0n) is 15.5. The first-order valence-electron chi connectivity index (χ1n) is 8.63. The molecule has 0 aliphatic carbocycles. The summed E-state index contributed by atoms with van der Waals surface area (Å²) in [7, 11) is 0. The Kier molecular flexibility index (Phi) is 7.69. The maximum Gasteiger partial charge on any atom is 0.224 e. The standard InChI is InChI=1S/C19H28N2O2S2/c1-13(24-3)7-18(22)20-10-15-5-6-16-11-21(12-17(16)9-15)19(23)8-14(2)25-4/h5-6,9,13-14H,7-8,10-12H2,1-4H3,(H,20,22)/t13-,14-/m1/s1. The molecule has 0 fully saturated rings. The van der Waals surface area contributed by atoms with Crippen LogP contribution in [0.3, 0.4) is 0 Å². The minimum absolute atomic E-state index is 0.0882. The van der Waals surface area contributed by atoms with Gasteiger partial charge in [0.2, 0.25) is 11.8 Å². The highest BCUT2D eigenvalue weighted by Gasteiger charge is 2.24. The van der Waals surface area contributed by atoms with Gasteiger partial charge in [-0.15, -0.1) is 0 Å². The van der Waals surface area contributed by atoms with Crippen LogP contribution in [0.25, 0.3) is 0 Å². The van der Waals surface area contributed by atoms with Crippen molar-refractivity contribution in [1.82, 2.24) is 10.2 Å². The second-order valence-electron chi connectivity index (χ2n) is 6.63. The summed E-state index contributed by atoms with van der Waals surface area (Å²) in [5, 5.41) is 3.68. The maximum atomic E-state index is 12.4. The van der Waals surface area contributed by atoms with Crippen molar-refractivity contribution in [2.45, 2.75) is 56.8 Å². The first-order valence-corrected chi connectivity index (χ1v) is 11.2. The van der Waals surface area contributed by atoms with Crippen molar-refractivity contribution in [3.8, 4) is 0 Å². The van der Waals surface area contributed by atoms with E-state index >= 15 is 0 Å². The number of hydrogen-bond donors (Lipinski definition) is 1. The fraction of sp³-hybridized carbons (Fsp3) is 0.579. The Morgan fingerprint density at radius 1 is 1.08 bits per heavy atom. The fourth-order valence-corrected chi connectivity index (χ4v) is 3.44. The highest BCUT2D eigenvalue weighted by Crippen LogP contribution is 2.25. The Labute approximate surface area is 159 Å². The molecule has 138 valence electrons. The van der Waals surface area contributed by atoms with Gasteiger partial charge in [0.05, 0.1) is 0 Å². The van der Waals surface area contributed by atoms with E-state index in [1.54, 1.807) is 23.5 Å². The van der Waals surface area contributed by atoms with Crippen molar-refractivity contribution in [1.29, 1.82) is 0 Å². The summed E-state index contributed by atoms with van der Waals surface area (Å²) in [5.41, 5.74) is 3.52. The van der Waals surface area contributed by atoms with E-state index in [2.05, 4.69) is 37.4 Å². The third kappa shape index (κ3) is 5.96. The molecule has 1 aromatic carbocycles. The number of rotatable bonds is 8. The van der Waals surface area contributed by atoms with Gasteiger partial charge in [0, 0.05) is 43.0 Å². The van der Waals surface area contributed by atoms with E-state index in [0.29, 0.717) is 43.0 Å². The van der Waals surface area contributed by atoms with Gasteiger partial charge < -0.3 is 10.2 Å². The third-order valence-electron chi connectivity index (χ3n) is 4.58. The van der Waals surface area contributed by atoms with Crippen molar-refractivity contribution in [3.05, 3.63) is 34.9 Å². The van der Waals surface area contributed by atoms with Crippen LogP contribution >= 0.6 is 23.5 Å². The molecule has 0 saturated heterocycles. The summed E-state index contributed by atoms with van der Waals surface area (Å²) < 4.78 is 0. The van der Waals surface area contributed by atoms with E-state index in [9.17, 15) is 9.59 Å². The van der Waals surface area contributed by atoms with Crippen LogP contribution in [-0.2, 0) is 29.2 Å². The molecule has 0 spiro atoms. The number of fused-ring (bicyclic) bond motifs is 1. The first-order chi connectivity index (χ1) is 11.9. The average molecular weight is 381 g/mol. The summed E-state index contributed by atoms with van der Waals surface area (Å²) in [6.45, 7) is 6.08. The molecule has 4 nitrogen and oxygen atoms in total. The Morgan fingerprint density at radius 2 is 1.72 bits per heavy atom. The minimum atomic E-state index is 0.0882. The lowest BCUT2D eigenvalue weighted by Gasteiger charge is -2.17. The van der Waals surface area contributed by atoms with E-state index in [-0.39, 0.29) is 11.8 Å². The molecular formula is C19H28N2O2S2. The lowest BCUT2D eigenvalue weighted by molar-refractivity contribution is -0.131. The molecule has 0 saturated carbocycles. The Hall–Kier alpha value is -1.14. The first kappa shape index (κ1) is 20.2. The topological polar surface area (TPSA) is 49.4 Å². The molecule has 0 unspecified atom stereocenters. The van der Waals surface area contributed by atoms with Crippen molar-refractivity contribution in [3.63, 3.8) is 0 Å². The number of nitrogens with zero attached hydrogens (tertiary/aromatic N) is 1. The molecule has 25 heavy (non-hydrogen) atoms. The van der Waals surface area contributed by atoms with E-state index < -0.39 is 0 Å². The zero-order chi connectivity index (χ0) is 18.4. The predicted molar refractivity (Wildman–Crippen MR) is 108 cm³/mol. The Morgan fingerprint density at radius 3 is 2.40 bits per heavy atom. The number of nitrogens with one attached hydrogen (secondary N) is 1. The fourth-order valence-electron chi connectivity index (χ4n) is 2.81. The molecule has 2 amide bonds. The molecule has 6 heteroatoms. The van der Waals surface area contributed by atoms with E-state index in [1.807, 2.05) is 17.4 Å². The van der Waals surface area contributed by atoms with Crippen LogP contribution in [0.2, 0.25) is 0 Å². The van der Waals surface area contributed by atoms with Gasteiger partial charge in [-0.05, 0) is 29.2 Å². The summed E-state index contributed by atoms with van der Waals surface area (Å²) in [6, 6.07) is 6.27. The minimum Gasteiger partial charge on any atom is -0.352 e. The molecule has 1 aliphatic heterocycles. The molecule has 1 aromatic rings. The summed E-state index contributed by atoms with van der Waals surface area (Å²) in [4.78, 5) is 26.2. The predicted octanol–water partition coefficient (Wildman–Crippen LogP) is 3.43. The molecule has 2 atom stereocenters. The van der Waals surface area contributed by atoms with Crippen LogP contribution in [0.5, 0.6) is 0 Å². The largest absolute Gasteiger partial charge is 0.352 e. The van der Waals surface area contributed by atoms with Gasteiger partial charge >= 0.3 is 0 Å². The molecule has 0 aromatic heterocycles. The number of carbonyl (C=O) groups is 2. The zero-order valence-corrected chi connectivity index (χ0v) is 17.1. The van der Waals surface area contributed by atoms with Gasteiger partial charge in [-0.3, -0.25) is 9.59 Å². The van der Waals surface area contributed by atoms with Crippen LogP contribution < -0.4 is 5.32 Å². The van der Waals surface area contributed by atoms with Crippen LogP contribution in [-0.4, -0.2) is 39.7 Å². The van der Waals surface area contributed by atoms with Crippen molar-refractivity contribution < 1.29 is 9.59 Å². The van der Waals surface area contributed by atoms with Crippen LogP contribution in [0.1, 0.15) is 43.4 Å². The summed E-state index contributed by atoms with van der Waals surface area (Å²) >= 11 is 3.42. The molecule has 1 heterocycles. The van der Waals surface area contributed by atoms with E-state index in [0.717, 1.165) is 5.56 Å². The van der Waals surface area contributed by atoms with Gasteiger partial charge in [-0.2, -0.15) is 23.5 Å². The number of hydrogen-bond acceptors (Lipinski definition) is 4. The average Bonchev–Trinajstić information content (AvgIpc) is 3.03. The van der Waals surface area contributed by atoms with E-state index in [1.165, 1.54) is 11.1 Å². The number of thioether (sulfide) groups is 2. The second kappa shape index (κ2) is 9.53. The SMILES string of the molecule is CS[C@H](C)CC(=O)NCc1ccc2c(c1)CN(C(=O)C[C@@H](C)SC)C2. The van der Waals surface area contributed by atoms with Crippen LogP contribution in [0.15, 0.2) is 18.2 Å². The van der Waals surface area contributed by atoms with Crippen molar-refractivity contribution in [2.24, 2.45) is 0 Å². The summed E-state index contributed by atoms with van der Waals surface area (Å²) in [5.74, 6) is 0.309. The molecular weight excluding hydrogens is 352 g/mol. The quantitative estimate of drug-likeness (QED) is 0.751. The van der Waals surface area contributed by atoms with Crippen LogP contribution in [0.4, 0.5) is 0 Å². The Balaban J connectivity index is 1.89. The number of benzene rings is 1. The van der Waals surface area contributed by atoms with Gasteiger partial charge in [0.15, 0.2) is 0 Å². The van der Waals surface area contributed by atoms with Gasteiger partial charge in [0.1, 0.15) is 0 Å². The third-order valence-corrected chi connectivity index (χ3v) is 6.52.